The molecule has 1 aliphatic heterocycles. The van der Waals surface area contributed by atoms with Crippen LogP contribution in [0.2, 0.25) is 0 Å². The molecule has 0 aromatic rings. The van der Waals surface area contributed by atoms with E-state index < -0.39 is 0 Å². The molecule has 0 aromatic heterocycles. The van der Waals surface area contributed by atoms with Gasteiger partial charge in [-0.05, 0) is 38.0 Å². The van der Waals surface area contributed by atoms with Crippen LogP contribution < -0.4 is 5.32 Å². The highest BCUT2D eigenvalue weighted by atomic mass is 15.0. The van der Waals surface area contributed by atoms with Crippen molar-refractivity contribution in [2.45, 2.75) is 59.5 Å². The molecule has 1 saturated heterocycles. The zero-order valence-corrected chi connectivity index (χ0v) is 9.15. The summed E-state index contributed by atoms with van der Waals surface area (Å²) >= 11 is 0. The lowest BCUT2D eigenvalue weighted by molar-refractivity contribution is 0.141. The third kappa shape index (κ3) is 2.48. The van der Waals surface area contributed by atoms with Crippen molar-refractivity contribution >= 4 is 0 Å². The number of piperidine rings is 1. The molecule has 0 radical (unpaired) electrons. The van der Waals surface area contributed by atoms with Crippen molar-refractivity contribution in [3.63, 3.8) is 0 Å². The van der Waals surface area contributed by atoms with Crippen LogP contribution in [-0.2, 0) is 0 Å². The van der Waals surface area contributed by atoms with Gasteiger partial charge in [0.15, 0.2) is 0 Å². The minimum atomic E-state index is 0.491. The highest BCUT2D eigenvalue weighted by molar-refractivity contribution is 4.86. The van der Waals surface area contributed by atoms with Crippen molar-refractivity contribution in [2.24, 2.45) is 11.3 Å². The van der Waals surface area contributed by atoms with Gasteiger partial charge in [0.2, 0.25) is 0 Å². The minimum absolute atomic E-state index is 0.491. The average molecular weight is 169 g/mol. The Morgan fingerprint density at radius 3 is 1.75 bits per heavy atom. The fourth-order valence-electron chi connectivity index (χ4n) is 2.28. The van der Waals surface area contributed by atoms with Gasteiger partial charge >= 0.3 is 0 Å². The molecule has 1 rings (SSSR count). The smallest absolute Gasteiger partial charge is 0.00440 e. The molecule has 1 N–H and O–H groups in total. The minimum Gasteiger partial charge on any atom is -0.312 e. The summed E-state index contributed by atoms with van der Waals surface area (Å²) in [5.41, 5.74) is 0.491. The van der Waals surface area contributed by atoms with Crippen molar-refractivity contribution in [1.29, 1.82) is 0 Å². The predicted molar refractivity (Wildman–Crippen MR) is 54.2 cm³/mol. The highest BCUT2D eigenvalue weighted by Gasteiger charge is 2.31. The van der Waals surface area contributed by atoms with E-state index in [0.29, 0.717) is 17.5 Å². The largest absolute Gasteiger partial charge is 0.312 e. The van der Waals surface area contributed by atoms with Crippen LogP contribution in [0, 0.1) is 11.3 Å². The molecule has 72 valence electrons. The van der Waals surface area contributed by atoms with Gasteiger partial charge in [-0.3, -0.25) is 0 Å². The summed E-state index contributed by atoms with van der Waals surface area (Å²) in [5.74, 6) is 0.892. The van der Waals surface area contributed by atoms with Crippen molar-refractivity contribution in [1.82, 2.24) is 5.32 Å². The van der Waals surface area contributed by atoms with Crippen LogP contribution in [0.25, 0.3) is 0 Å². The van der Waals surface area contributed by atoms with E-state index in [1.54, 1.807) is 0 Å². The molecule has 1 fully saturated rings. The summed E-state index contributed by atoms with van der Waals surface area (Å²) in [4.78, 5) is 0. The second kappa shape index (κ2) is 3.37. The van der Waals surface area contributed by atoms with Gasteiger partial charge in [-0.2, -0.15) is 0 Å². The standard InChI is InChI=1S/C11H23N/c1-8-6-10(11(3,4)5)7-9(2)12-8/h8-10,12H,6-7H2,1-5H3. The van der Waals surface area contributed by atoms with Crippen LogP contribution in [0.4, 0.5) is 0 Å². The van der Waals surface area contributed by atoms with Gasteiger partial charge in [-0.25, -0.2) is 0 Å². The Labute approximate surface area is 76.9 Å². The van der Waals surface area contributed by atoms with Gasteiger partial charge in [-0.15, -0.1) is 0 Å². The van der Waals surface area contributed by atoms with E-state index in [-0.39, 0.29) is 0 Å². The van der Waals surface area contributed by atoms with E-state index in [0.717, 1.165) is 5.92 Å². The molecule has 1 heteroatoms. The molecule has 0 amide bonds. The molecular weight excluding hydrogens is 146 g/mol. The predicted octanol–water partition coefficient (Wildman–Crippen LogP) is 2.81. The van der Waals surface area contributed by atoms with Crippen LogP contribution in [0.15, 0.2) is 0 Å². The van der Waals surface area contributed by atoms with Gasteiger partial charge in [-0.1, -0.05) is 20.8 Å². The molecule has 2 unspecified atom stereocenters. The zero-order valence-electron chi connectivity index (χ0n) is 9.15. The van der Waals surface area contributed by atoms with E-state index in [1.807, 2.05) is 0 Å². The molecule has 1 nitrogen and oxygen atoms in total. The third-order valence-electron chi connectivity index (χ3n) is 3.07. The monoisotopic (exact) mass is 169 g/mol. The molecule has 1 heterocycles. The molecule has 0 bridgehead atoms. The second-order valence-corrected chi connectivity index (χ2v) is 5.50. The fraction of sp³-hybridized carbons (Fsp3) is 1.00. The molecule has 1 aliphatic rings. The van der Waals surface area contributed by atoms with Crippen LogP contribution in [0.1, 0.15) is 47.5 Å². The van der Waals surface area contributed by atoms with Crippen LogP contribution >= 0.6 is 0 Å². The summed E-state index contributed by atoms with van der Waals surface area (Å²) in [5, 5.41) is 3.58. The molecule has 12 heavy (non-hydrogen) atoms. The van der Waals surface area contributed by atoms with E-state index in [9.17, 15) is 0 Å². The molecule has 0 aliphatic carbocycles. The van der Waals surface area contributed by atoms with Crippen LogP contribution in [0.3, 0.4) is 0 Å². The lowest BCUT2D eigenvalue weighted by Crippen LogP contribution is -2.45. The Bertz CT molecular complexity index is 136. The Hall–Kier alpha value is -0.0400. The lowest BCUT2D eigenvalue weighted by atomic mass is 9.72. The van der Waals surface area contributed by atoms with Crippen molar-refractivity contribution in [3.8, 4) is 0 Å². The lowest BCUT2D eigenvalue weighted by Gasteiger charge is -2.40. The van der Waals surface area contributed by atoms with Crippen molar-refractivity contribution in [2.75, 3.05) is 0 Å². The number of hydrogen-bond donors (Lipinski definition) is 1. The van der Waals surface area contributed by atoms with E-state index in [2.05, 4.69) is 39.9 Å². The normalized spacial score (nSPS) is 38.2. The fourth-order valence-corrected chi connectivity index (χ4v) is 2.28. The van der Waals surface area contributed by atoms with Gasteiger partial charge in [0.05, 0.1) is 0 Å². The molecule has 0 saturated carbocycles. The number of rotatable bonds is 0. The molecule has 2 atom stereocenters. The summed E-state index contributed by atoms with van der Waals surface area (Å²) in [6.45, 7) is 11.7. The zero-order chi connectivity index (χ0) is 9.35. The van der Waals surface area contributed by atoms with Gasteiger partial charge < -0.3 is 5.32 Å². The summed E-state index contributed by atoms with van der Waals surface area (Å²) < 4.78 is 0. The molecule has 0 spiro atoms. The first kappa shape index (κ1) is 10.0. The Kier molecular flexibility index (Phi) is 2.82. The summed E-state index contributed by atoms with van der Waals surface area (Å²) in [7, 11) is 0. The van der Waals surface area contributed by atoms with Crippen LogP contribution in [0.5, 0.6) is 0 Å². The Morgan fingerprint density at radius 1 is 1.00 bits per heavy atom. The Morgan fingerprint density at radius 2 is 1.42 bits per heavy atom. The maximum atomic E-state index is 3.58. The molecule has 0 aromatic carbocycles. The second-order valence-electron chi connectivity index (χ2n) is 5.50. The average Bonchev–Trinajstić information content (AvgIpc) is 1.82. The first-order valence-electron chi connectivity index (χ1n) is 5.15. The maximum absolute atomic E-state index is 3.58. The molecular formula is C11H23N. The van der Waals surface area contributed by atoms with Gasteiger partial charge in [0, 0.05) is 12.1 Å². The maximum Gasteiger partial charge on any atom is 0.00440 e. The van der Waals surface area contributed by atoms with Crippen LogP contribution in [-0.4, -0.2) is 12.1 Å². The Balaban J connectivity index is 2.55. The van der Waals surface area contributed by atoms with E-state index in [4.69, 9.17) is 0 Å². The van der Waals surface area contributed by atoms with E-state index >= 15 is 0 Å². The first-order valence-corrected chi connectivity index (χ1v) is 5.15. The topological polar surface area (TPSA) is 12.0 Å². The van der Waals surface area contributed by atoms with Gasteiger partial charge in [0.1, 0.15) is 0 Å². The van der Waals surface area contributed by atoms with E-state index in [1.165, 1.54) is 12.8 Å². The number of hydrogen-bond acceptors (Lipinski definition) is 1. The van der Waals surface area contributed by atoms with Crippen molar-refractivity contribution in [3.05, 3.63) is 0 Å². The quantitative estimate of drug-likeness (QED) is 0.588. The van der Waals surface area contributed by atoms with Crippen molar-refractivity contribution < 1.29 is 0 Å². The highest BCUT2D eigenvalue weighted by Crippen LogP contribution is 2.35. The SMILES string of the molecule is CC1CC(C(C)(C)C)CC(C)N1. The number of nitrogens with one attached hydrogen (secondary N) is 1. The summed E-state index contributed by atoms with van der Waals surface area (Å²) in [6.07, 6.45) is 2.68. The third-order valence-corrected chi connectivity index (χ3v) is 3.07. The van der Waals surface area contributed by atoms with Gasteiger partial charge in [0.25, 0.3) is 0 Å². The first-order chi connectivity index (χ1) is 5.39. The summed E-state index contributed by atoms with van der Waals surface area (Å²) in [6, 6.07) is 1.41.